The summed E-state index contributed by atoms with van der Waals surface area (Å²) in [6.45, 7) is 0.676. The van der Waals surface area contributed by atoms with Crippen molar-refractivity contribution in [1.82, 2.24) is 0 Å². The maximum absolute atomic E-state index is 3.04. The van der Waals surface area contributed by atoms with Crippen LogP contribution in [-0.2, 0) is 0 Å². The Balaban J connectivity index is 1.95. The molecular formula is C10H13B. The molecule has 0 aromatic rings. The van der Waals surface area contributed by atoms with Crippen molar-refractivity contribution in [1.29, 1.82) is 0 Å². The lowest BCUT2D eigenvalue weighted by Gasteiger charge is -2.22. The molecule has 0 nitrogen and oxygen atoms in total. The zero-order chi connectivity index (χ0) is 7.52. The highest BCUT2D eigenvalue weighted by Crippen LogP contribution is 2.32. The van der Waals surface area contributed by atoms with Crippen molar-refractivity contribution in [2.75, 3.05) is 0 Å². The Kier molecular flexibility index (Phi) is 2.03. The molecule has 0 aromatic heterocycles. The predicted octanol–water partition coefficient (Wildman–Crippen LogP) is 2.77. The van der Waals surface area contributed by atoms with Crippen molar-refractivity contribution in [3.05, 3.63) is 23.4 Å². The maximum Gasteiger partial charge on any atom is 0.215 e. The highest BCUT2D eigenvalue weighted by molar-refractivity contribution is 6.71. The summed E-state index contributed by atoms with van der Waals surface area (Å²) in [7, 11) is 0. The van der Waals surface area contributed by atoms with Gasteiger partial charge in [-0.25, -0.2) is 0 Å². The van der Waals surface area contributed by atoms with E-state index in [4.69, 9.17) is 0 Å². The Morgan fingerprint density at radius 2 is 1.64 bits per heavy atom. The fourth-order valence-corrected chi connectivity index (χ4v) is 2.13. The molecule has 0 bridgehead atoms. The van der Waals surface area contributed by atoms with Crippen LogP contribution in [0.15, 0.2) is 23.4 Å². The van der Waals surface area contributed by atoms with E-state index < -0.39 is 0 Å². The molecule has 0 atom stereocenters. The molecule has 0 saturated heterocycles. The van der Waals surface area contributed by atoms with E-state index >= 15 is 0 Å². The molecule has 1 heterocycles. The molecule has 1 heteroatoms. The molecule has 1 saturated carbocycles. The Hall–Kier alpha value is -0.635. The first-order valence-corrected chi connectivity index (χ1v) is 4.64. The van der Waals surface area contributed by atoms with Crippen LogP contribution < -0.4 is 0 Å². The third-order valence-corrected chi connectivity index (χ3v) is 2.83. The molecule has 11 heavy (non-hydrogen) atoms. The first-order chi connectivity index (χ1) is 5.47. The molecule has 0 N–H and O–H groups in total. The van der Waals surface area contributed by atoms with Crippen molar-refractivity contribution in [3.8, 4) is 0 Å². The van der Waals surface area contributed by atoms with Crippen LogP contribution in [-0.4, -0.2) is 6.71 Å². The molecule has 2 rings (SSSR count). The summed E-state index contributed by atoms with van der Waals surface area (Å²) in [4.78, 5) is 0. The second-order valence-corrected chi connectivity index (χ2v) is 3.60. The summed E-state index contributed by atoms with van der Waals surface area (Å²) < 4.78 is 0. The average Bonchev–Trinajstić information content (AvgIpc) is 2.58. The highest BCUT2D eigenvalue weighted by Gasteiger charge is 2.23. The van der Waals surface area contributed by atoms with Crippen LogP contribution in [0.2, 0.25) is 5.82 Å². The van der Waals surface area contributed by atoms with Crippen molar-refractivity contribution >= 4 is 6.71 Å². The fourth-order valence-electron chi connectivity index (χ4n) is 2.13. The summed E-state index contributed by atoms with van der Waals surface area (Å²) in [6, 6.07) is 0. The molecule has 0 spiro atoms. The molecular weight excluding hydrogens is 131 g/mol. The van der Waals surface area contributed by atoms with Gasteiger partial charge < -0.3 is 0 Å². The second kappa shape index (κ2) is 3.18. The van der Waals surface area contributed by atoms with Crippen molar-refractivity contribution < 1.29 is 0 Å². The lowest BCUT2D eigenvalue weighted by Crippen LogP contribution is -2.17. The van der Waals surface area contributed by atoms with Crippen LogP contribution in [0.4, 0.5) is 0 Å². The maximum atomic E-state index is 3.04. The largest absolute Gasteiger partial charge is 0.215 e. The second-order valence-electron chi connectivity index (χ2n) is 3.60. The Morgan fingerprint density at radius 1 is 1.00 bits per heavy atom. The van der Waals surface area contributed by atoms with Gasteiger partial charge in [0.1, 0.15) is 0 Å². The lowest BCUT2D eigenvalue weighted by molar-refractivity contribution is 0.499. The summed E-state index contributed by atoms with van der Waals surface area (Å²) in [5.41, 5.74) is 6.08. The highest BCUT2D eigenvalue weighted by atomic mass is 14.1. The van der Waals surface area contributed by atoms with E-state index in [0.717, 1.165) is 5.82 Å². The molecule has 1 fully saturated rings. The van der Waals surface area contributed by atoms with Gasteiger partial charge in [-0.3, -0.25) is 0 Å². The summed E-state index contributed by atoms with van der Waals surface area (Å²) in [5, 5.41) is 0. The quantitative estimate of drug-likeness (QED) is 0.392. The average molecular weight is 144 g/mol. The number of hydrogen-bond acceptors (Lipinski definition) is 0. The van der Waals surface area contributed by atoms with Gasteiger partial charge >= 0.3 is 0 Å². The topological polar surface area (TPSA) is 0 Å². The van der Waals surface area contributed by atoms with E-state index in [2.05, 4.69) is 23.4 Å². The van der Waals surface area contributed by atoms with Crippen molar-refractivity contribution in [2.24, 2.45) is 0 Å². The van der Waals surface area contributed by atoms with Gasteiger partial charge in [-0.2, -0.15) is 0 Å². The summed E-state index contributed by atoms with van der Waals surface area (Å²) in [6.07, 6.45) is 7.15. The van der Waals surface area contributed by atoms with Crippen LogP contribution in [0.1, 0.15) is 32.1 Å². The molecule has 0 unspecified atom stereocenters. The SMILES string of the molecule is C1=C=CB(C2CCCCC2)C=1. The molecule has 1 aliphatic carbocycles. The van der Waals surface area contributed by atoms with Gasteiger partial charge in [0.25, 0.3) is 0 Å². The smallest absolute Gasteiger partial charge is 0.0849 e. The third-order valence-electron chi connectivity index (χ3n) is 2.83. The van der Waals surface area contributed by atoms with Crippen molar-refractivity contribution in [2.45, 2.75) is 37.9 Å². The van der Waals surface area contributed by atoms with Gasteiger partial charge in [0, 0.05) is 0 Å². The van der Waals surface area contributed by atoms with Crippen molar-refractivity contribution in [3.63, 3.8) is 0 Å². The fraction of sp³-hybridized carbons (Fsp3) is 0.600. The lowest BCUT2D eigenvalue weighted by atomic mass is 9.40. The van der Waals surface area contributed by atoms with E-state index in [1.54, 1.807) is 0 Å². The van der Waals surface area contributed by atoms with Crippen LogP contribution in [0.3, 0.4) is 0 Å². The Labute approximate surface area is 68.8 Å². The molecule has 2 aliphatic rings. The first-order valence-electron chi connectivity index (χ1n) is 4.64. The van der Waals surface area contributed by atoms with E-state index in [-0.39, 0.29) is 0 Å². The minimum absolute atomic E-state index is 0.676. The van der Waals surface area contributed by atoms with Gasteiger partial charge in [-0.05, 0) is 0 Å². The zero-order valence-corrected chi connectivity index (χ0v) is 6.84. The van der Waals surface area contributed by atoms with E-state index in [1.807, 2.05) is 0 Å². The molecule has 0 aromatic carbocycles. The van der Waals surface area contributed by atoms with Crippen LogP contribution in [0.5, 0.6) is 0 Å². The van der Waals surface area contributed by atoms with E-state index in [1.165, 1.54) is 32.1 Å². The van der Waals surface area contributed by atoms with E-state index in [9.17, 15) is 0 Å². The summed E-state index contributed by atoms with van der Waals surface area (Å²) >= 11 is 0. The van der Waals surface area contributed by atoms with Gasteiger partial charge in [-0.15, -0.1) is 0 Å². The number of rotatable bonds is 1. The monoisotopic (exact) mass is 144 g/mol. The van der Waals surface area contributed by atoms with Crippen LogP contribution in [0.25, 0.3) is 0 Å². The standard InChI is InChI=1S/C10H13B/c1-2-6-10(7-3-1)11-8-4-5-9-11/h8-10H,1-3,6-7H2. The zero-order valence-electron chi connectivity index (χ0n) is 6.84. The molecule has 56 valence electrons. The van der Waals surface area contributed by atoms with Gasteiger partial charge in [0.15, 0.2) is 0 Å². The minimum Gasteiger partial charge on any atom is -0.0849 e. The van der Waals surface area contributed by atoms with Gasteiger partial charge in [0.05, 0.1) is 0 Å². The number of hydrogen-bond donors (Lipinski definition) is 0. The first kappa shape index (κ1) is 7.04. The summed E-state index contributed by atoms with van der Waals surface area (Å²) in [5.74, 6) is 5.26. The van der Waals surface area contributed by atoms with E-state index in [0.29, 0.717) is 6.71 Å². The Bertz CT molecular complexity index is 207. The van der Waals surface area contributed by atoms with Crippen LogP contribution >= 0.6 is 0 Å². The minimum atomic E-state index is 0.676. The predicted molar refractivity (Wildman–Crippen MR) is 48.8 cm³/mol. The molecule has 0 amide bonds. The normalized spacial score (nSPS) is 23.5. The molecule has 1 aliphatic heterocycles. The molecule has 0 radical (unpaired) electrons. The van der Waals surface area contributed by atoms with Gasteiger partial charge in [-0.1, -0.05) is 61.3 Å². The Morgan fingerprint density at radius 3 is 2.27 bits per heavy atom. The third kappa shape index (κ3) is 1.51. The van der Waals surface area contributed by atoms with Crippen LogP contribution in [0, 0.1) is 0 Å². The van der Waals surface area contributed by atoms with Gasteiger partial charge in [0.2, 0.25) is 6.71 Å².